The van der Waals surface area contributed by atoms with Crippen LogP contribution in [0.25, 0.3) is 0 Å². The van der Waals surface area contributed by atoms with Crippen molar-refractivity contribution in [1.29, 1.82) is 0 Å². The topological polar surface area (TPSA) is 35.9 Å². The minimum atomic E-state index is -0.526. The van der Waals surface area contributed by atoms with E-state index < -0.39 is 6.10 Å². The molecule has 4 heteroatoms. The predicted molar refractivity (Wildman–Crippen MR) is 76.5 cm³/mol. The highest BCUT2D eigenvalue weighted by Crippen LogP contribution is 2.29. The normalized spacial score (nSPS) is 23.9. The molecule has 4 nitrogen and oxygen atoms in total. The maximum atomic E-state index is 10.7. The first-order valence-electron chi connectivity index (χ1n) is 6.83. The van der Waals surface area contributed by atoms with Gasteiger partial charge in [-0.3, -0.25) is 4.90 Å². The molecule has 0 saturated carbocycles. The second kappa shape index (κ2) is 6.37. The maximum Gasteiger partial charge on any atom is 0.124 e. The van der Waals surface area contributed by atoms with E-state index in [9.17, 15) is 5.11 Å². The molecule has 0 aromatic heterocycles. The third-order valence-electron chi connectivity index (χ3n) is 3.94. The Morgan fingerprint density at radius 3 is 2.74 bits per heavy atom. The number of nitrogens with zero attached hydrogens (tertiary/aromatic N) is 2. The van der Waals surface area contributed by atoms with E-state index in [-0.39, 0.29) is 6.04 Å². The van der Waals surface area contributed by atoms with E-state index >= 15 is 0 Å². The van der Waals surface area contributed by atoms with E-state index in [0.717, 1.165) is 37.4 Å². The van der Waals surface area contributed by atoms with Crippen molar-refractivity contribution >= 4 is 0 Å². The minimum absolute atomic E-state index is 0.101. The zero-order valence-corrected chi connectivity index (χ0v) is 12.0. The summed E-state index contributed by atoms with van der Waals surface area (Å²) in [6.07, 6.45) is 0.615. The van der Waals surface area contributed by atoms with Gasteiger partial charge in [-0.05, 0) is 39.7 Å². The number of methoxy groups -OCH3 is 1. The van der Waals surface area contributed by atoms with Crippen molar-refractivity contribution in [1.82, 2.24) is 9.80 Å². The Morgan fingerprint density at radius 2 is 2.00 bits per heavy atom. The van der Waals surface area contributed by atoms with Gasteiger partial charge in [0.1, 0.15) is 5.75 Å². The lowest BCUT2D eigenvalue weighted by molar-refractivity contribution is 0.0555. The van der Waals surface area contributed by atoms with Crippen molar-refractivity contribution in [3.8, 4) is 5.75 Å². The van der Waals surface area contributed by atoms with Crippen LogP contribution in [0.2, 0.25) is 0 Å². The van der Waals surface area contributed by atoms with Crippen molar-refractivity contribution < 1.29 is 9.84 Å². The first-order chi connectivity index (χ1) is 9.13. The standard InChI is InChI=1S/C15H24N2O2/c1-16-9-6-10-17(2)13(11-16)15(18)12-7-4-5-8-14(12)19-3/h4-5,7-8,13,15,18H,6,9-11H2,1-3H3. The largest absolute Gasteiger partial charge is 0.496 e. The van der Waals surface area contributed by atoms with Crippen molar-refractivity contribution in [2.75, 3.05) is 40.8 Å². The molecule has 1 aliphatic rings. The van der Waals surface area contributed by atoms with Crippen LogP contribution in [0.1, 0.15) is 18.1 Å². The lowest BCUT2D eigenvalue weighted by Crippen LogP contribution is -2.42. The maximum absolute atomic E-state index is 10.7. The van der Waals surface area contributed by atoms with Crippen LogP contribution >= 0.6 is 0 Å². The van der Waals surface area contributed by atoms with Gasteiger partial charge in [-0.15, -0.1) is 0 Å². The fraction of sp³-hybridized carbons (Fsp3) is 0.600. The number of benzene rings is 1. The van der Waals surface area contributed by atoms with Crippen molar-refractivity contribution in [2.24, 2.45) is 0 Å². The summed E-state index contributed by atoms with van der Waals surface area (Å²) >= 11 is 0. The molecule has 1 aliphatic heterocycles. The molecule has 1 heterocycles. The van der Waals surface area contributed by atoms with Gasteiger partial charge < -0.3 is 14.7 Å². The molecule has 2 rings (SSSR count). The van der Waals surface area contributed by atoms with Crippen molar-refractivity contribution in [3.63, 3.8) is 0 Å². The van der Waals surface area contributed by atoms with Crippen LogP contribution in [0.15, 0.2) is 24.3 Å². The molecule has 0 spiro atoms. The average molecular weight is 264 g/mol. The Bertz CT molecular complexity index is 411. The Hall–Kier alpha value is -1.10. The molecular weight excluding hydrogens is 240 g/mol. The van der Waals surface area contributed by atoms with Crippen LogP contribution in [0, 0.1) is 0 Å². The molecule has 0 bridgehead atoms. The van der Waals surface area contributed by atoms with Crippen LogP contribution in [0.4, 0.5) is 0 Å². The molecule has 2 atom stereocenters. The summed E-state index contributed by atoms with van der Waals surface area (Å²) in [6.45, 7) is 2.97. The van der Waals surface area contributed by atoms with Gasteiger partial charge >= 0.3 is 0 Å². The molecule has 0 aliphatic carbocycles. The third-order valence-corrected chi connectivity index (χ3v) is 3.94. The summed E-state index contributed by atoms with van der Waals surface area (Å²) in [7, 11) is 5.85. The summed E-state index contributed by atoms with van der Waals surface area (Å²) in [5, 5.41) is 10.7. The summed E-state index contributed by atoms with van der Waals surface area (Å²) in [6, 6.07) is 7.82. The van der Waals surface area contributed by atoms with E-state index in [1.54, 1.807) is 7.11 Å². The highest BCUT2D eigenvalue weighted by Gasteiger charge is 2.29. The van der Waals surface area contributed by atoms with E-state index in [2.05, 4.69) is 23.9 Å². The van der Waals surface area contributed by atoms with Crippen LogP contribution < -0.4 is 4.74 Å². The van der Waals surface area contributed by atoms with Gasteiger partial charge in [0.05, 0.1) is 19.3 Å². The minimum Gasteiger partial charge on any atom is -0.496 e. The number of para-hydroxylation sites is 1. The summed E-state index contributed by atoms with van der Waals surface area (Å²) < 4.78 is 5.36. The fourth-order valence-corrected chi connectivity index (χ4v) is 2.76. The lowest BCUT2D eigenvalue weighted by atomic mass is 10.00. The first kappa shape index (κ1) is 14.3. The number of hydrogen-bond acceptors (Lipinski definition) is 4. The number of rotatable bonds is 3. The van der Waals surface area contributed by atoms with E-state index in [0.29, 0.717) is 0 Å². The smallest absolute Gasteiger partial charge is 0.124 e. The van der Waals surface area contributed by atoms with E-state index in [4.69, 9.17) is 4.74 Å². The molecule has 1 N–H and O–H groups in total. The monoisotopic (exact) mass is 264 g/mol. The van der Waals surface area contributed by atoms with Gasteiger partial charge in [-0.1, -0.05) is 18.2 Å². The van der Waals surface area contributed by atoms with Gasteiger partial charge in [0.25, 0.3) is 0 Å². The van der Waals surface area contributed by atoms with Crippen molar-refractivity contribution in [3.05, 3.63) is 29.8 Å². The van der Waals surface area contributed by atoms with Crippen LogP contribution in [0.5, 0.6) is 5.75 Å². The zero-order chi connectivity index (χ0) is 13.8. The summed E-state index contributed by atoms with van der Waals surface area (Å²) in [4.78, 5) is 4.54. The van der Waals surface area contributed by atoms with Gasteiger partial charge in [0, 0.05) is 12.1 Å². The molecule has 1 aromatic carbocycles. The summed E-state index contributed by atoms with van der Waals surface area (Å²) in [5.41, 5.74) is 0.872. The number of aliphatic hydroxyl groups is 1. The van der Waals surface area contributed by atoms with Gasteiger partial charge in [0.15, 0.2) is 0 Å². The van der Waals surface area contributed by atoms with Crippen LogP contribution in [-0.2, 0) is 0 Å². The number of aliphatic hydroxyl groups excluding tert-OH is 1. The number of likely N-dealkylation sites (N-methyl/N-ethyl adjacent to an activating group) is 2. The predicted octanol–water partition coefficient (Wildman–Crippen LogP) is 1.36. The van der Waals surface area contributed by atoms with Gasteiger partial charge in [-0.25, -0.2) is 0 Å². The lowest BCUT2D eigenvalue weighted by Gasteiger charge is -2.32. The number of hydrogen-bond donors (Lipinski definition) is 1. The highest BCUT2D eigenvalue weighted by atomic mass is 16.5. The molecule has 1 fully saturated rings. The molecule has 1 aromatic rings. The molecule has 19 heavy (non-hydrogen) atoms. The molecule has 0 amide bonds. The second-order valence-corrected chi connectivity index (χ2v) is 5.35. The Labute approximate surface area is 115 Å². The van der Waals surface area contributed by atoms with Crippen LogP contribution in [-0.4, -0.2) is 61.8 Å². The zero-order valence-electron chi connectivity index (χ0n) is 12.0. The van der Waals surface area contributed by atoms with E-state index in [1.165, 1.54) is 0 Å². The Balaban J connectivity index is 2.23. The Morgan fingerprint density at radius 1 is 1.26 bits per heavy atom. The van der Waals surface area contributed by atoms with Crippen molar-refractivity contribution in [2.45, 2.75) is 18.6 Å². The SMILES string of the molecule is COc1ccccc1C(O)C1CN(C)CCCN1C. The Kier molecular flexibility index (Phi) is 4.80. The van der Waals surface area contributed by atoms with Crippen LogP contribution in [0.3, 0.4) is 0 Å². The number of ether oxygens (including phenoxy) is 1. The average Bonchev–Trinajstić information content (AvgIpc) is 2.59. The molecule has 1 saturated heterocycles. The summed E-state index contributed by atoms with van der Waals surface area (Å²) in [5.74, 6) is 0.760. The highest BCUT2D eigenvalue weighted by molar-refractivity contribution is 5.35. The molecule has 2 unspecified atom stereocenters. The van der Waals surface area contributed by atoms with Gasteiger partial charge in [-0.2, -0.15) is 0 Å². The first-order valence-corrected chi connectivity index (χ1v) is 6.83. The third kappa shape index (κ3) is 3.26. The quantitative estimate of drug-likeness (QED) is 0.894. The van der Waals surface area contributed by atoms with Gasteiger partial charge in [0.2, 0.25) is 0 Å². The fourth-order valence-electron chi connectivity index (χ4n) is 2.76. The molecule has 0 radical (unpaired) electrons. The van der Waals surface area contributed by atoms with E-state index in [1.807, 2.05) is 24.3 Å². The molecular formula is C15H24N2O2. The second-order valence-electron chi connectivity index (χ2n) is 5.35. The molecule has 106 valence electrons.